The zero-order valence-corrected chi connectivity index (χ0v) is 11.8. The molecule has 0 saturated carbocycles. The maximum Gasteiger partial charge on any atom is 0.113 e. The first kappa shape index (κ1) is 11.0. The van der Waals surface area contributed by atoms with Gasteiger partial charge in [0.2, 0.25) is 0 Å². The Morgan fingerprint density at radius 2 is 2.24 bits per heavy atom. The minimum absolute atomic E-state index is 0.846. The van der Waals surface area contributed by atoms with Gasteiger partial charge >= 0.3 is 0 Å². The molecule has 0 N–H and O–H groups in total. The lowest BCUT2D eigenvalue weighted by Gasteiger charge is -2.02. The Kier molecular flexibility index (Phi) is 2.76. The van der Waals surface area contributed by atoms with Crippen LogP contribution in [0.4, 0.5) is 0 Å². The van der Waals surface area contributed by atoms with Crippen molar-refractivity contribution in [1.82, 2.24) is 9.55 Å². The average Bonchev–Trinajstić information content (AvgIpc) is 2.87. The van der Waals surface area contributed by atoms with E-state index in [-0.39, 0.29) is 0 Å². The molecular weight excluding hydrogens is 296 g/mol. The summed E-state index contributed by atoms with van der Waals surface area (Å²) >= 11 is 5.23. The number of fused-ring (bicyclic) bond motifs is 1. The maximum atomic E-state index is 4.50. The van der Waals surface area contributed by atoms with Crippen LogP contribution in [0, 0.1) is 6.92 Å². The molecule has 0 spiro atoms. The van der Waals surface area contributed by atoms with E-state index >= 15 is 0 Å². The highest BCUT2D eigenvalue weighted by molar-refractivity contribution is 9.10. The van der Waals surface area contributed by atoms with E-state index in [9.17, 15) is 0 Å². The van der Waals surface area contributed by atoms with E-state index in [0.717, 1.165) is 21.7 Å². The molecule has 1 aromatic carbocycles. The lowest BCUT2D eigenvalue weighted by atomic mass is 10.2. The van der Waals surface area contributed by atoms with Crippen LogP contribution in [0.5, 0.6) is 0 Å². The van der Waals surface area contributed by atoms with Crippen molar-refractivity contribution in [3.8, 4) is 0 Å². The van der Waals surface area contributed by atoms with Crippen LogP contribution in [-0.4, -0.2) is 9.55 Å². The van der Waals surface area contributed by atoms with Crippen molar-refractivity contribution in [2.75, 3.05) is 0 Å². The molecule has 86 valence electrons. The van der Waals surface area contributed by atoms with Crippen LogP contribution in [0.1, 0.15) is 10.7 Å². The van der Waals surface area contributed by atoms with Crippen LogP contribution in [0.15, 0.2) is 40.3 Å². The summed E-state index contributed by atoms with van der Waals surface area (Å²) in [6.07, 6.45) is 2.12. The van der Waals surface area contributed by atoms with Gasteiger partial charge in [-0.05, 0) is 30.5 Å². The first-order valence-corrected chi connectivity index (χ1v) is 7.05. The summed E-state index contributed by atoms with van der Waals surface area (Å²) in [4.78, 5) is 4.50. The summed E-state index contributed by atoms with van der Waals surface area (Å²) in [5, 5.41) is 4.51. The van der Waals surface area contributed by atoms with Gasteiger partial charge in [-0.2, -0.15) is 0 Å². The van der Waals surface area contributed by atoms with E-state index in [2.05, 4.69) is 61.3 Å². The van der Waals surface area contributed by atoms with E-state index in [4.69, 9.17) is 0 Å². The predicted molar refractivity (Wildman–Crippen MR) is 75.6 cm³/mol. The van der Waals surface area contributed by atoms with E-state index in [0.29, 0.717) is 0 Å². The first-order valence-electron chi connectivity index (χ1n) is 5.38. The van der Waals surface area contributed by atoms with Crippen LogP contribution in [0.2, 0.25) is 0 Å². The normalized spacial score (nSPS) is 11.2. The molecule has 0 radical (unpaired) electrons. The van der Waals surface area contributed by atoms with E-state index in [1.165, 1.54) is 10.9 Å². The monoisotopic (exact) mass is 306 g/mol. The van der Waals surface area contributed by atoms with E-state index < -0.39 is 0 Å². The smallest absolute Gasteiger partial charge is 0.113 e. The Morgan fingerprint density at radius 3 is 3.00 bits per heavy atom. The molecule has 0 fully saturated rings. The zero-order chi connectivity index (χ0) is 11.8. The van der Waals surface area contributed by atoms with Gasteiger partial charge in [0.05, 0.1) is 6.54 Å². The van der Waals surface area contributed by atoms with Crippen LogP contribution >= 0.6 is 27.3 Å². The predicted octanol–water partition coefficient (Wildman–Crippen LogP) is 4.22. The van der Waals surface area contributed by atoms with Gasteiger partial charge in [-0.25, -0.2) is 4.98 Å². The molecule has 3 rings (SSSR count). The summed E-state index contributed by atoms with van der Waals surface area (Å²) < 4.78 is 3.35. The van der Waals surface area contributed by atoms with Crippen molar-refractivity contribution < 1.29 is 0 Å². The summed E-state index contributed by atoms with van der Waals surface area (Å²) in [5.41, 5.74) is 2.34. The number of aryl methyl sites for hydroxylation is 1. The number of hydrogen-bond donors (Lipinski definition) is 0. The van der Waals surface area contributed by atoms with Crippen molar-refractivity contribution in [3.05, 3.63) is 51.0 Å². The largest absolute Gasteiger partial charge is 0.341 e. The fourth-order valence-corrected chi connectivity index (χ4v) is 3.03. The lowest BCUT2D eigenvalue weighted by Crippen LogP contribution is -1.97. The Balaban J connectivity index is 2.03. The van der Waals surface area contributed by atoms with Crippen molar-refractivity contribution in [3.63, 3.8) is 0 Å². The van der Waals surface area contributed by atoms with Crippen molar-refractivity contribution >= 4 is 38.2 Å². The number of benzene rings is 1. The molecule has 0 bridgehead atoms. The molecular formula is C13H11BrN2S. The first-order chi connectivity index (χ1) is 8.22. The quantitative estimate of drug-likeness (QED) is 0.693. The third-order valence-electron chi connectivity index (χ3n) is 2.71. The highest BCUT2D eigenvalue weighted by Gasteiger charge is 2.04. The average molecular weight is 307 g/mol. The Hall–Kier alpha value is -1.13. The maximum absolute atomic E-state index is 4.50. The second-order valence-electron chi connectivity index (χ2n) is 4.03. The highest BCUT2D eigenvalue weighted by atomic mass is 79.9. The fraction of sp³-hybridized carbons (Fsp3) is 0.154. The molecule has 2 heterocycles. The molecule has 0 saturated heterocycles. The third-order valence-corrected chi connectivity index (χ3v) is 4.15. The van der Waals surface area contributed by atoms with Crippen molar-refractivity contribution in [2.24, 2.45) is 0 Å². The highest BCUT2D eigenvalue weighted by Crippen LogP contribution is 2.22. The van der Waals surface area contributed by atoms with Crippen LogP contribution in [0.3, 0.4) is 0 Å². The van der Waals surface area contributed by atoms with Crippen molar-refractivity contribution in [1.29, 1.82) is 0 Å². The Morgan fingerprint density at radius 1 is 1.35 bits per heavy atom. The van der Waals surface area contributed by atoms with Gasteiger partial charge in [-0.15, -0.1) is 11.3 Å². The minimum Gasteiger partial charge on any atom is -0.341 e. The second kappa shape index (κ2) is 4.27. The third kappa shape index (κ3) is 2.15. The van der Waals surface area contributed by atoms with Gasteiger partial charge in [-0.1, -0.05) is 22.0 Å². The Bertz CT molecular complexity index is 669. The zero-order valence-electron chi connectivity index (χ0n) is 9.35. The molecule has 0 aliphatic carbocycles. The molecule has 3 aromatic rings. The number of thiazole rings is 1. The topological polar surface area (TPSA) is 17.8 Å². The molecule has 2 aromatic heterocycles. The SMILES string of the molecule is Cc1csc(Cn2ccc3ccc(Br)cc32)n1. The second-order valence-corrected chi connectivity index (χ2v) is 5.89. The van der Waals surface area contributed by atoms with E-state index in [1.54, 1.807) is 11.3 Å². The Labute approximate surface area is 112 Å². The van der Waals surface area contributed by atoms with Gasteiger partial charge in [0.25, 0.3) is 0 Å². The van der Waals surface area contributed by atoms with Crippen molar-refractivity contribution in [2.45, 2.75) is 13.5 Å². The molecule has 0 aliphatic heterocycles. The van der Waals surface area contributed by atoms with Gasteiger partial charge in [0.1, 0.15) is 5.01 Å². The van der Waals surface area contributed by atoms with E-state index in [1.807, 2.05) is 6.92 Å². The fourth-order valence-electron chi connectivity index (χ4n) is 1.92. The van der Waals surface area contributed by atoms with Crippen LogP contribution in [0.25, 0.3) is 10.9 Å². The molecule has 4 heteroatoms. The number of hydrogen-bond acceptors (Lipinski definition) is 2. The van der Waals surface area contributed by atoms with Gasteiger partial charge in [-0.3, -0.25) is 0 Å². The number of rotatable bonds is 2. The summed E-state index contributed by atoms with van der Waals surface area (Å²) in [6.45, 7) is 2.88. The standard InChI is InChI=1S/C13H11BrN2S/c1-9-8-17-13(15-9)7-16-5-4-10-2-3-11(14)6-12(10)16/h2-6,8H,7H2,1H3. The number of aromatic nitrogens is 2. The summed E-state index contributed by atoms with van der Waals surface area (Å²) in [6, 6.07) is 8.49. The van der Waals surface area contributed by atoms with Gasteiger partial charge in [0, 0.05) is 27.3 Å². The number of halogens is 1. The molecule has 0 atom stereocenters. The minimum atomic E-state index is 0.846. The van der Waals surface area contributed by atoms with Gasteiger partial charge in [0.15, 0.2) is 0 Å². The van der Waals surface area contributed by atoms with Crippen LogP contribution in [-0.2, 0) is 6.54 Å². The molecule has 17 heavy (non-hydrogen) atoms. The van der Waals surface area contributed by atoms with Gasteiger partial charge < -0.3 is 4.57 Å². The molecule has 0 unspecified atom stereocenters. The lowest BCUT2D eigenvalue weighted by molar-refractivity contribution is 0.824. The van der Waals surface area contributed by atoms with Crippen LogP contribution < -0.4 is 0 Å². The molecule has 2 nitrogen and oxygen atoms in total. The molecule has 0 aliphatic rings. The number of nitrogens with zero attached hydrogens (tertiary/aromatic N) is 2. The summed E-state index contributed by atoms with van der Waals surface area (Å²) in [5.74, 6) is 0. The summed E-state index contributed by atoms with van der Waals surface area (Å²) in [7, 11) is 0. The molecule has 0 amide bonds.